The monoisotopic (exact) mass is 220 g/mol. The zero-order valence-corrected chi connectivity index (χ0v) is 10.2. The second-order valence-corrected chi connectivity index (χ2v) is 3.52. The van der Waals surface area contributed by atoms with Crippen molar-refractivity contribution in [3.05, 3.63) is 29.8 Å². The summed E-state index contributed by atoms with van der Waals surface area (Å²) < 4.78 is 0. The van der Waals surface area contributed by atoms with Crippen LogP contribution in [0.2, 0.25) is 0 Å². The lowest BCUT2D eigenvalue weighted by Crippen LogP contribution is -2.43. The highest BCUT2D eigenvalue weighted by Crippen LogP contribution is 2.14. The van der Waals surface area contributed by atoms with Crippen LogP contribution in [0.5, 0.6) is 0 Å². The van der Waals surface area contributed by atoms with Gasteiger partial charge in [-0.2, -0.15) is 0 Å². The Labute approximate surface area is 97.1 Å². The van der Waals surface area contributed by atoms with Crippen molar-refractivity contribution in [2.24, 2.45) is 10.8 Å². The Balaban J connectivity index is 2.86. The summed E-state index contributed by atoms with van der Waals surface area (Å²) in [5, 5.41) is 0. The molecule has 0 fully saturated rings. The van der Waals surface area contributed by atoms with Crippen molar-refractivity contribution in [2.75, 3.05) is 18.5 Å². The average Bonchev–Trinajstić information content (AvgIpc) is 2.35. The van der Waals surface area contributed by atoms with E-state index in [9.17, 15) is 0 Å². The van der Waals surface area contributed by atoms with Crippen LogP contribution in [0.4, 0.5) is 5.69 Å². The molecule has 16 heavy (non-hydrogen) atoms. The zero-order chi connectivity index (χ0) is 12.0. The largest absolute Gasteiger partial charge is 0.315 e. The lowest BCUT2D eigenvalue weighted by Gasteiger charge is -2.20. The molecule has 0 unspecified atom stereocenters. The molecular weight excluding hydrogens is 200 g/mol. The molecule has 0 saturated carbocycles. The van der Waals surface area contributed by atoms with Gasteiger partial charge in [0.05, 0.1) is 0 Å². The van der Waals surface area contributed by atoms with Crippen LogP contribution in [0.25, 0.3) is 0 Å². The molecule has 1 aromatic rings. The molecule has 0 saturated heterocycles. The number of anilines is 1. The number of benzene rings is 1. The van der Waals surface area contributed by atoms with Crippen LogP contribution in [0, 0.1) is 0 Å². The molecular formula is C12H20N4. The van der Waals surface area contributed by atoms with Gasteiger partial charge >= 0.3 is 0 Å². The summed E-state index contributed by atoms with van der Waals surface area (Å²) in [4.78, 5) is 6.20. The van der Waals surface area contributed by atoms with E-state index in [1.54, 1.807) is 0 Å². The summed E-state index contributed by atoms with van der Waals surface area (Å²) in [7, 11) is 1.94. The zero-order valence-electron chi connectivity index (χ0n) is 10.2. The number of nitrogens with zero attached hydrogens (tertiary/aromatic N) is 2. The van der Waals surface area contributed by atoms with Crippen molar-refractivity contribution in [3.8, 4) is 0 Å². The summed E-state index contributed by atoms with van der Waals surface area (Å²) in [6, 6.07) is 8.38. The van der Waals surface area contributed by atoms with Crippen LogP contribution in [-0.2, 0) is 6.42 Å². The van der Waals surface area contributed by atoms with E-state index < -0.39 is 0 Å². The topological polar surface area (TPSA) is 53.6 Å². The molecule has 0 aliphatic rings. The maximum Gasteiger partial charge on any atom is 0.212 e. The SMILES string of the molecule is CCN=C(NN)N(C)c1ccc(CC)cc1. The standard InChI is InChI=1S/C12H20N4/c1-4-10-6-8-11(9-7-10)16(3)12(15-13)14-5-2/h6-9H,4-5,13H2,1-3H3,(H,14,15). The van der Waals surface area contributed by atoms with Crippen molar-refractivity contribution in [3.63, 3.8) is 0 Å². The summed E-state index contributed by atoms with van der Waals surface area (Å²) in [5.74, 6) is 6.10. The Morgan fingerprint density at radius 3 is 2.38 bits per heavy atom. The van der Waals surface area contributed by atoms with Gasteiger partial charge in [-0.05, 0) is 31.0 Å². The summed E-state index contributed by atoms with van der Waals surface area (Å²) in [5.41, 5.74) is 5.00. The minimum Gasteiger partial charge on any atom is -0.315 e. The molecule has 3 N–H and O–H groups in total. The fourth-order valence-corrected chi connectivity index (χ4v) is 1.48. The Morgan fingerprint density at radius 2 is 1.94 bits per heavy atom. The second kappa shape index (κ2) is 6.12. The van der Waals surface area contributed by atoms with Crippen molar-refractivity contribution in [2.45, 2.75) is 20.3 Å². The van der Waals surface area contributed by atoms with E-state index in [2.05, 4.69) is 41.6 Å². The predicted molar refractivity (Wildman–Crippen MR) is 69.5 cm³/mol. The number of aryl methyl sites for hydroxylation is 1. The van der Waals surface area contributed by atoms with Crippen molar-refractivity contribution >= 4 is 11.6 Å². The molecule has 0 spiro atoms. The van der Waals surface area contributed by atoms with Crippen LogP contribution < -0.4 is 16.2 Å². The summed E-state index contributed by atoms with van der Waals surface area (Å²) >= 11 is 0. The molecule has 4 heteroatoms. The van der Waals surface area contributed by atoms with Gasteiger partial charge in [-0.15, -0.1) is 0 Å². The summed E-state index contributed by atoms with van der Waals surface area (Å²) in [6.07, 6.45) is 1.05. The van der Waals surface area contributed by atoms with Gasteiger partial charge in [0.15, 0.2) is 0 Å². The number of aliphatic imine (C=N–C) groups is 1. The van der Waals surface area contributed by atoms with Gasteiger partial charge < -0.3 is 4.90 Å². The van der Waals surface area contributed by atoms with Crippen molar-refractivity contribution in [1.29, 1.82) is 0 Å². The number of nitrogens with one attached hydrogen (secondary N) is 1. The normalized spacial score (nSPS) is 11.4. The minimum atomic E-state index is 0.673. The number of rotatable bonds is 3. The van der Waals surface area contributed by atoms with Gasteiger partial charge in [-0.25, -0.2) is 5.84 Å². The number of nitrogens with two attached hydrogens (primary N) is 1. The molecule has 0 aliphatic carbocycles. The quantitative estimate of drug-likeness (QED) is 0.351. The molecule has 0 bridgehead atoms. The molecule has 88 valence electrons. The first-order chi connectivity index (χ1) is 7.72. The number of hydrazine groups is 1. The van der Waals surface area contributed by atoms with E-state index in [0.717, 1.165) is 12.1 Å². The Bertz CT molecular complexity index is 343. The predicted octanol–water partition coefficient (Wildman–Crippen LogP) is 1.52. The Morgan fingerprint density at radius 1 is 1.31 bits per heavy atom. The van der Waals surface area contributed by atoms with Crippen LogP contribution >= 0.6 is 0 Å². The van der Waals surface area contributed by atoms with Crippen LogP contribution in [0.3, 0.4) is 0 Å². The van der Waals surface area contributed by atoms with Crippen LogP contribution in [0.15, 0.2) is 29.3 Å². The second-order valence-electron chi connectivity index (χ2n) is 3.52. The molecule has 0 amide bonds. The molecule has 4 nitrogen and oxygen atoms in total. The molecule has 0 atom stereocenters. The van der Waals surface area contributed by atoms with Crippen molar-refractivity contribution in [1.82, 2.24) is 5.43 Å². The van der Waals surface area contributed by atoms with E-state index in [4.69, 9.17) is 5.84 Å². The fourth-order valence-electron chi connectivity index (χ4n) is 1.48. The molecule has 0 heterocycles. The Hall–Kier alpha value is -1.55. The molecule has 1 rings (SSSR count). The number of hydrogen-bond donors (Lipinski definition) is 2. The highest BCUT2D eigenvalue weighted by atomic mass is 15.4. The van der Waals surface area contributed by atoms with Gasteiger partial charge in [0.25, 0.3) is 0 Å². The third-order valence-corrected chi connectivity index (χ3v) is 2.49. The maximum atomic E-state index is 5.43. The molecule has 0 radical (unpaired) electrons. The number of guanidine groups is 1. The highest BCUT2D eigenvalue weighted by molar-refractivity contribution is 5.95. The summed E-state index contributed by atoms with van der Waals surface area (Å²) in [6.45, 7) is 4.83. The third kappa shape index (κ3) is 2.97. The number of hydrogen-bond acceptors (Lipinski definition) is 2. The highest BCUT2D eigenvalue weighted by Gasteiger charge is 2.06. The first kappa shape index (κ1) is 12.5. The van der Waals surface area contributed by atoms with Gasteiger partial charge in [-0.1, -0.05) is 19.1 Å². The molecule has 0 aromatic heterocycles. The van der Waals surface area contributed by atoms with Crippen LogP contribution in [-0.4, -0.2) is 19.6 Å². The first-order valence-corrected chi connectivity index (χ1v) is 5.56. The lowest BCUT2D eigenvalue weighted by atomic mass is 10.1. The van der Waals surface area contributed by atoms with E-state index in [0.29, 0.717) is 12.5 Å². The van der Waals surface area contributed by atoms with Gasteiger partial charge in [-0.3, -0.25) is 10.4 Å². The van der Waals surface area contributed by atoms with E-state index in [1.165, 1.54) is 5.56 Å². The first-order valence-electron chi connectivity index (χ1n) is 5.56. The van der Waals surface area contributed by atoms with Gasteiger partial charge in [0.1, 0.15) is 0 Å². The van der Waals surface area contributed by atoms with Crippen molar-refractivity contribution < 1.29 is 0 Å². The van der Waals surface area contributed by atoms with E-state index in [1.807, 2.05) is 18.9 Å². The minimum absolute atomic E-state index is 0.673. The van der Waals surface area contributed by atoms with E-state index in [-0.39, 0.29) is 0 Å². The Kier molecular flexibility index (Phi) is 4.79. The smallest absolute Gasteiger partial charge is 0.212 e. The maximum absolute atomic E-state index is 5.43. The van der Waals surface area contributed by atoms with Gasteiger partial charge in [0.2, 0.25) is 5.96 Å². The molecule has 0 aliphatic heterocycles. The molecule has 1 aromatic carbocycles. The van der Waals surface area contributed by atoms with Gasteiger partial charge in [0, 0.05) is 19.3 Å². The third-order valence-electron chi connectivity index (χ3n) is 2.49. The lowest BCUT2D eigenvalue weighted by molar-refractivity contribution is 0.948. The fraction of sp³-hybridized carbons (Fsp3) is 0.417. The van der Waals surface area contributed by atoms with Crippen LogP contribution in [0.1, 0.15) is 19.4 Å². The average molecular weight is 220 g/mol. The van der Waals surface area contributed by atoms with E-state index >= 15 is 0 Å².